The van der Waals surface area contributed by atoms with Gasteiger partial charge in [-0.1, -0.05) is 83.1 Å². The van der Waals surface area contributed by atoms with Crippen molar-refractivity contribution in [2.45, 2.75) is 110 Å². The smallest absolute Gasteiger partial charge is 0.243 e. The van der Waals surface area contributed by atoms with Gasteiger partial charge in [-0.15, -0.1) is 0 Å². The molecule has 56 heavy (non-hydrogen) atoms. The van der Waals surface area contributed by atoms with E-state index in [1.54, 1.807) is 40.8 Å². The summed E-state index contributed by atoms with van der Waals surface area (Å²) in [5.74, 6) is -5.48. The highest BCUT2D eigenvalue weighted by Crippen LogP contribution is 2.21. The van der Waals surface area contributed by atoms with Gasteiger partial charge in [0.1, 0.15) is 36.3 Å². The lowest BCUT2D eigenvalue weighted by atomic mass is 9.91. The SMILES string of the molecule is CC(c1ccccc1)[C@@H]1NC(=O)[C@@H](C(C)C)NC(=O)[C@@H](C)NC(=O)CCCNC(=O)[C@@H](Cc2c[nH]c3ccccc23)NC(=O)[C@H](C)NC(=O)[C@@H](C(C)C)NC1=O. The summed E-state index contributed by atoms with van der Waals surface area (Å²) in [5.41, 5.74) is 2.39. The number of H-pyrrole nitrogens is 1. The van der Waals surface area contributed by atoms with Crippen LogP contribution in [0.15, 0.2) is 60.8 Å². The van der Waals surface area contributed by atoms with E-state index < -0.39 is 95.4 Å². The second-order valence-electron chi connectivity index (χ2n) is 15.2. The van der Waals surface area contributed by atoms with Crippen LogP contribution in [0.1, 0.15) is 78.4 Å². The Morgan fingerprint density at radius 2 is 1.12 bits per heavy atom. The number of benzene rings is 2. The molecule has 302 valence electrons. The van der Waals surface area contributed by atoms with E-state index in [1.807, 2.05) is 54.6 Å². The van der Waals surface area contributed by atoms with Crippen molar-refractivity contribution in [2.24, 2.45) is 11.8 Å². The summed E-state index contributed by atoms with van der Waals surface area (Å²) < 4.78 is 0. The summed E-state index contributed by atoms with van der Waals surface area (Å²) in [6, 6.07) is 10.1. The molecule has 0 spiro atoms. The molecule has 15 nitrogen and oxygen atoms in total. The predicted octanol–water partition coefficient (Wildman–Crippen LogP) is 1.68. The molecule has 0 bridgehead atoms. The van der Waals surface area contributed by atoms with E-state index in [0.29, 0.717) is 0 Å². The van der Waals surface area contributed by atoms with Gasteiger partial charge in [-0.05, 0) is 49.3 Å². The molecule has 1 aliphatic rings. The van der Waals surface area contributed by atoms with Crippen LogP contribution in [-0.4, -0.2) is 89.1 Å². The number of para-hydroxylation sites is 1. The molecule has 0 saturated carbocycles. The fourth-order valence-corrected chi connectivity index (χ4v) is 6.56. The third kappa shape index (κ3) is 11.4. The van der Waals surface area contributed by atoms with Crippen LogP contribution in [0, 0.1) is 11.8 Å². The van der Waals surface area contributed by atoms with Gasteiger partial charge in [-0.2, -0.15) is 0 Å². The number of hydrogen-bond donors (Lipinski definition) is 8. The van der Waals surface area contributed by atoms with Crippen LogP contribution in [0.3, 0.4) is 0 Å². The largest absolute Gasteiger partial charge is 0.361 e. The molecule has 8 N–H and O–H groups in total. The Balaban J connectivity index is 1.65. The molecule has 1 saturated heterocycles. The van der Waals surface area contributed by atoms with Crippen molar-refractivity contribution >= 4 is 52.3 Å². The quantitative estimate of drug-likeness (QED) is 0.185. The number of carbonyl (C=O) groups is 7. The fraction of sp³-hybridized carbons (Fsp3) is 0.488. The third-order valence-electron chi connectivity index (χ3n) is 10.0. The average molecular weight is 773 g/mol. The first-order chi connectivity index (χ1) is 26.6. The van der Waals surface area contributed by atoms with Crippen molar-refractivity contribution in [1.82, 2.24) is 42.2 Å². The fourth-order valence-electron chi connectivity index (χ4n) is 6.56. The number of aromatic amines is 1. The zero-order valence-electron chi connectivity index (χ0n) is 33.2. The molecule has 2 aromatic carbocycles. The molecule has 1 unspecified atom stereocenters. The van der Waals surface area contributed by atoms with Gasteiger partial charge in [-0.3, -0.25) is 33.6 Å². The number of aromatic nitrogens is 1. The molecule has 7 amide bonds. The number of amides is 7. The molecule has 0 aliphatic carbocycles. The highest BCUT2D eigenvalue weighted by Gasteiger charge is 2.36. The Hall–Kier alpha value is -5.73. The molecular formula is C41H56N8O7. The maximum absolute atomic E-state index is 14.1. The van der Waals surface area contributed by atoms with Crippen LogP contribution in [0.25, 0.3) is 10.9 Å². The lowest BCUT2D eigenvalue weighted by molar-refractivity contribution is -0.136. The molecule has 1 aliphatic heterocycles. The van der Waals surface area contributed by atoms with Gasteiger partial charge < -0.3 is 42.2 Å². The lowest BCUT2D eigenvalue weighted by Crippen LogP contribution is -2.61. The Labute approximate surface area is 327 Å². The highest BCUT2D eigenvalue weighted by molar-refractivity contribution is 5.97. The van der Waals surface area contributed by atoms with Gasteiger partial charge >= 0.3 is 0 Å². The first kappa shape index (κ1) is 43.0. The summed E-state index contributed by atoms with van der Waals surface area (Å²) in [7, 11) is 0. The predicted molar refractivity (Wildman–Crippen MR) is 212 cm³/mol. The molecule has 0 radical (unpaired) electrons. The minimum Gasteiger partial charge on any atom is -0.361 e. The number of hydrogen-bond acceptors (Lipinski definition) is 7. The Morgan fingerprint density at radius 1 is 0.589 bits per heavy atom. The van der Waals surface area contributed by atoms with E-state index >= 15 is 0 Å². The zero-order chi connectivity index (χ0) is 41.1. The van der Waals surface area contributed by atoms with Crippen molar-refractivity contribution < 1.29 is 33.6 Å². The Kier molecular flexibility index (Phi) is 15.2. The summed E-state index contributed by atoms with van der Waals surface area (Å²) >= 11 is 0. The van der Waals surface area contributed by atoms with Crippen molar-refractivity contribution in [2.75, 3.05) is 6.54 Å². The van der Waals surface area contributed by atoms with Gasteiger partial charge in [0.05, 0.1) is 0 Å². The van der Waals surface area contributed by atoms with Gasteiger partial charge in [0, 0.05) is 42.4 Å². The van der Waals surface area contributed by atoms with E-state index in [2.05, 4.69) is 42.2 Å². The van der Waals surface area contributed by atoms with Crippen molar-refractivity contribution in [3.05, 3.63) is 71.9 Å². The van der Waals surface area contributed by atoms with Gasteiger partial charge in [0.15, 0.2) is 0 Å². The van der Waals surface area contributed by atoms with Crippen LogP contribution < -0.4 is 37.2 Å². The second-order valence-corrected chi connectivity index (χ2v) is 15.2. The minimum atomic E-state index is -1.18. The molecule has 1 aromatic heterocycles. The maximum atomic E-state index is 14.1. The summed E-state index contributed by atoms with van der Waals surface area (Å²) in [5, 5.41) is 20.1. The summed E-state index contributed by atoms with van der Waals surface area (Å²) in [6.45, 7) is 11.8. The first-order valence-corrected chi connectivity index (χ1v) is 19.3. The molecule has 3 aromatic rings. The second kappa shape index (κ2) is 19.7. The van der Waals surface area contributed by atoms with Crippen molar-refractivity contribution in [1.29, 1.82) is 0 Å². The van der Waals surface area contributed by atoms with E-state index in [1.165, 1.54) is 13.8 Å². The first-order valence-electron chi connectivity index (χ1n) is 19.3. The molecular weight excluding hydrogens is 716 g/mol. The number of rotatable bonds is 6. The standard InChI is InChI=1S/C41H56N8O7/c1-22(2)33-39(54)45-26(7)36(51)46-31(20-28-21-43-30-17-12-11-16-29(28)30)38(53)42-19-13-18-32(50)44-25(6)37(52)47-34(23(3)4)40(55)49-35(41(56)48-33)24(5)27-14-9-8-10-15-27/h8-12,14-17,21-26,31,33-35,43H,13,18-20H2,1-7H3,(H,42,53)(H,44,50)(H,45,54)(H,46,51)(H,47,52)(H,48,56)(H,49,55)/t24?,25-,26+,31-,33-,34-,35+/m1/s1. The van der Waals surface area contributed by atoms with E-state index in [9.17, 15) is 33.6 Å². The van der Waals surface area contributed by atoms with Gasteiger partial charge in [-0.25, -0.2) is 0 Å². The van der Waals surface area contributed by atoms with Gasteiger partial charge in [0.25, 0.3) is 0 Å². The molecule has 7 atom stereocenters. The van der Waals surface area contributed by atoms with Crippen molar-refractivity contribution in [3.63, 3.8) is 0 Å². The number of nitrogens with one attached hydrogen (secondary N) is 8. The minimum absolute atomic E-state index is 0.0142. The normalized spacial score (nSPS) is 25.0. The van der Waals surface area contributed by atoms with Crippen LogP contribution in [0.5, 0.6) is 0 Å². The van der Waals surface area contributed by atoms with Crippen LogP contribution in [-0.2, 0) is 40.0 Å². The zero-order valence-corrected chi connectivity index (χ0v) is 33.2. The topological polar surface area (TPSA) is 219 Å². The molecule has 15 heteroatoms. The molecule has 4 rings (SSSR count). The van der Waals surface area contributed by atoms with E-state index in [-0.39, 0.29) is 25.8 Å². The molecule has 2 heterocycles. The van der Waals surface area contributed by atoms with Crippen molar-refractivity contribution in [3.8, 4) is 0 Å². The average Bonchev–Trinajstić information content (AvgIpc) is 3.57. The summed E-state index contributed by atoms with van der Waals surface area (Å²) in [4.78, 5) is 98.3. The maximum Gasteiger partial charge on any atom is 0.243 e. The number of fused-ring (bicyclic) bond motifs is 1. The molecule has 1 fully saturated rings. The Morgan fingerprint density at radius 3 is 1.79 bits per heavy atom. The monoisotopic (exact) mass is 772 g/mol. The lowest BCUT2D eigenvalue weighted by Gasteiger charge is -2.31. The van der Waals surface area contributed by atoms with Crippen LogP contribution >= 0.6 is 0 Å². The van der Waals surface area contributed by atoms with Crippen LogP contribution in [0.2, 0.25) is 0 Å². The summed E-state index contributed by atoms with van der Waals surface area (Å²) in [6.07, 6.45) is 2.13. The Bertz CT molecular complexity index is 1880. The third-order valence-corrected chi connectivity index (χ3v) is 10.0. The van der Waals surface area contributed by atoms with Crippen LogP contribution in [0.4, 0.5) is 0 Å². The van der Waals surface area contributed by atoms with Gasteiger partial charge in [0.2, 0.25) is 41.4 Å². The highest BCUT2D eigenvalue weighted by atomic mass is 16.2. The van der Waals surface area contributed by atoms with E-state index in [4.69, 9.17) is 0 Å². The van der Waals surface area contributed by atoms with E-state index in [0.717, 1.165) is 22.0 Å². The number of carbonyl (C=O) groups excluding carboxylic acids is 7.